The fourth-order valence-electron chi connectivity index (χ4n) is 4.60. The molecule has 2 bridgehead atoms. The van der Waals surface area contributed by atoms with Crippen LogP contribution in [0.4, 0.5) is 0 Å². The van der Waals surface area contributed by atoms with Gasteiger partial charge in [0.2, 0.25) is 0 Å². The molecule has 5 aliphatic rings. The van der Waals surface area contributed by atoms with Crippen molar-refractivity contribution < 1.29 is 14.2 Å². The molecule has 5 rings (SSSR count). The molecular weight excluding hydrogens is 182 g/mol. The van der Waals surface area contributed by atoms with Crippen molar-refractivity contribution in [3.63, 3.8) is 0 Å². The van der Waals surface area contributed by atoms with Gasteiger partial charge in [0.25, 0.3) is 0 Å². The Bertz CT molecular complexity index is 329. The van der Waals surface area contributed by atoms with Gasteiger partial charge in [-0.15, -0.1) is 0 Å². The first-order valence-corrected chi connectivity index (χ1v) is 5.53. The van der Waals surface area contributed by atoms with Gasteiger partial charge in [-0.1, -0.05) is 0 Å². The third-order valence-electron chi connectivity index (χ3n) is 4.93. The highest BCUT2D eigenvalue weighted by Crippen LogP contribution is 2.67. The van der Waals surface area contributed by atoms with Gasteiger partial charge in [-0.05, 0) is 13.3 Å². The van der Waals surface area contributed by atoms with Crippen molar-refractivity contribution in [2.45, 2.75) is 37.9 Å². The van der Waals surface area contributed by atoms with Gasteiger partial charge in [-0.2, -0.15) is 0 Å². The standard InChI is InChI=1S/C10H13NO3/c1-10-6-4-2-3-5(6)9(14-10)12-7(3)11-8(4)13-10/h3-9,11H,2H2,1H3. The molecule has 1 N–H and O–H groups in total. The van der Waals surface area contributed by atoms with E-state index in [-0.39, 0.29) is 24.5 Å². The minimum atomic E-state index is -0.363. The summed E-state index contributed by atoms with van der Waals surface area (Å²) in [6.45, 7) is 2.08. The minimum absolute atomic E-state index is 0.00116. The fourth-order valence-corrected chi connectivity index (χ4v) is 4.60. The maximum absolute atomic E-state index is 5.98. The van der Waals surface area contributed by atoms with E-state index < -0.39 is 0 Å². The van der Waals surface area contributed by atoms with Crippen LogP contribution in [0.25, 0.3) is 0 Å². The van der Waals surface area contributed by atoms with Gasteiger partial charge in [0.15, 0.2) is 12.1 Å². The normalized spacial score (nSPS) is 76.5. The van der Waals surface area contributed by atoms with Crippen molar-refractivity contribution in [3.05, 3.63) is 0 Å². The van der Waals surface area contributed by atoms with Crippen LogP contribution in [0, 0.1) is 23.7 Å². The van der Waals surface area contributed by atoms with E-state index in [0.717, 1.165) is 0 Å². The van der Waals surface area contributed by atoms with Crippen molar-refractivity contribution >= 4 is 0 Å². The molecule has 0 aromatic rings. The Morgan fingerprint density at radius 1 is 1.21 bits per heavy atom. The van der Waals surface area contributed by atoms with Crippen LogP contribution >= 0.6 is 0 Å². The predicted octanol–water partition coefficient (Wildman–Crippen LogP) is 0.243. The molecule has 0 aromatic carbocycles. The van der Waals surface area contributed by atoms with E-state index in [0.29, 0.717) is 23.7 Å². The Kier molecular flexibility index (Phi) is 0.909. The molecule has 5 fully saturated rings. The maximum atomic E-state index is 5.98. The Balaban J connectivity index is 1.79. The lowest BCUT2D eigenvalue weighted by molar-refractivity contribution is -0.297. The molecule has 0 amide bonds. The lowest BCUT2D eigenvalue weighted by atomic mass is 9.86. The SMILES string of the molecule is CC12OC3NC4OC(O1)C1C4CC3C12. The van der Waals surface area contributed by atoms with E-state index in [1.54, 1.807) is 0 Å². The van der Waals surface area contributed by atoms with E-state index in [1.807, 2.05) is 0 Å². The van der Waals surface area contributed by atoms with E-state index in [2.05, 4.69) is 12.2 Å². The monoisotopic (exact) mass is 195 g/mol. The van der Waals surface area contributed by atoms with Crippen LogP contribution < -0.4 is 5.32 Å². The molecule has 4 aliphatic heterocycles. The summed E-state index contributed by atoms with van der Waals surface area (Å²) in [4.78, 5) is 0. The highest BCUT2D eigenvalue weighted by atomic mass is 16.8. The summed E-state index contributed by atoms with van der Waals surface area (Å²) in [5.41, 5.74) is 0. The zero-order valence-electron chi connectivity index (χ0n) is 7.97. The van der Waals surface area contributed by atoms with Crippen molar-refractivity contribution in [1.29, 1.82) is 0 Å². The van der Waals surface area contributed by atoms with Gasteiger partial charge in [-0.25, -0.2) is 0 Å². The Hall–Kier alpha value is -0.160. The van der Waals surface area contributed by atoms with Crippen LogP contribution in [0.1, 0.15) is 13.3 Å². The number of ether oxygens (including phenoxy) is 3. The molecule has 4 heteroatoms. The molecule has 76 valence electrons. The topological polar surface area (TPSA) is 39.7 Å². The second-order valence-corrected chi connectivity index (χ2v) is 5.43. The first-order chi connectivity index (χ1) is 6.76. The van der Waals surface area contributed by atoms with Crippen LogP contribution in [0.2, 0.25) is 0 Å². The average molecular weight is 195 g/mol. The van der Waals surface area contributed by atoms with Crippen LogP contribution in [0.3, 0.4) is 0 Å². The number of nitrogens with one attached hydrogen (secondary N) is 1. The third-order valence-corrected chi connectivity index (χ3v) is 4.93. The summed E-state index contributed by atoms with van der Waals surface area (Å²) in [6, 6.07) is 0. The quantitative estimate of drug-likeness (QED) is 0.601. The molecule has 8 atom stereocenters. The van der Waals surface area contributed by atoms with Crippen molar-refractivity contribution in [2.75, 3.05) is 0 Å². The minimum Gasteiger partial charge on any atom is -0.334 e. The van der Waals surface area contributed by atoms with Gasteiger partial charge < -0.3 is 14.2 Å². The first kappa shape index (κ1) is 7.17. The van der Waals surface area contributed by atoms with E-state index in [4.69, 9.17) is 14.2 Å². The average Bonchev–Trinajstić information content (AvgIpc) is 2.68. The smallest absolute Gasteiger partial charge is 0.174 e. The fraction of sp³-hybridized carbons (Fsp3) is 1.00. The molecule has 1 saturated carbocycles. The second-order valence-electron chi connectivity index (χ2n) is 5.43. The molecule has 0 radical (unpaired) electrons. The molecule has 8 unspecified atom stereocenters. The van der Waals surface area contributed by atoms with Crippen molar-refractivity contribution in [1.82, 2.24) is 5.32 Å². The van der Waals surface area contributed by atoms with Gasteiger partial charge in [0.05, 0.1) is 0 Å². The molecule has 0 spiro atoms. The zero-order valence-corrected chi connectivity index (χ0v) is 7.97. The summed E-state index contributed by atoms with van der Waals surface area (Å²) in [7, 11) is 0. The summed E-state index contributed by atoms with van der Waals surface area (Å²) < 4.78 is 17.8. The maximum Gasteiger partial charge on any atom is 0.174 e. The van der Waals surface area contributed by atoms with Gasteiger partial charge in [0.1, 0.15) is 12.5 Å². The zero-order chi connectivity index (χ0) is 9.08. The van der Waals surface area contributed by atoms with Gasteiger partial charge in [-0.3, -0.25) is 5.32 Å². The van der Waals surface area contributed by atoms with Crippen molar-refractivity contribution in [3.8, 4) is 0 Å². The second kappa shape index (κ2) is 1.78. The summed E-state index contributed by atoms with van der Waals surface area (Å²) in [6.07, 6.45) is 1.64. The Morgan fingerprint density at radius 2 is 2.14 bits per heavy atom. The lowest BCUT2D eigenvalue weighted by Gasteiger charge is -2.34. The molecule has 0 aromatic heterocycles. The molecule has 4 saturated heterocycles. The van der Waals surface area contributed by atoms with E-state index in [9.17, 15) is 0 Å². The largest absolute Gasteiger partial charge is 0.334 e. The number of piperidine rings is 1. The number of rotatable bonds is 0. The third kappa shape index (κ3) is 0.518. The summed E-state index contributed by atoms with van der Waals surface area (Å²) in [5.74, 6) is 2.15. The number of hydrogen-bond acceptors (Lipinski definition) is 4. The lowest BCUT2D eigenvalue weighted by Crippen LogP contribution is -2.50. The molecule has 4 nitrogen and oxygen atoms in total. The van der Waals surface area contributed by atoms with Crippen LogP contribution in [0.15, 0.2) is 0 Å². The molecule has 1 aliphatic carbocycles. The predicted molar refractivity (Wildman–Crippen MR) is 44.7 cm³/mol. The molecular formula is C10H13NO3. The van der Waals surface area contributed by atoms with E-state index in [1.165, 1.54) is 6.42 Å². The highest BCUT2D eigenvalue weighted by Gasteiger charge is 2.75. The van der Waals surface area contributed by atoms with E-state index >= 15 is 0 Å². The van der Waals surface area contributed by atoms with Crippen LogP contribution in [-0.4, -0.2) is 24.5 Å². The Morgan fingerprint density at radius 3 is 3.07 bits per heavy atom. The number of hydrogen-bond donors (Lipinski definition) is 1. The summed E-state index contributed by atoms with van der Waals surface area (Å²) >= 11 is 0. The summed E-state index contributed by atoms with van der Waals surface area (Å²) in [5, 5.41) is 3.46. The Labute approximate surface area is 81.9 Å². The van der Waals surface area contributed by atoms with Gasteiger partial charge in [0, 0.05) is 23.7 Å². The van der Waals surface area contributed by atoms with Gasteiger partial charge >= 0.3 is 0 Å². The van der Waals surface area contributed by atoms with Crippen LogP contribution in [0.5, 0.6) is 0 Å². The molecule has 4 heterocycles. The van der Waals surface area contributed by atoms with Crippen molar-refractivity contribution in [2.24, 2.45) is 23.7 Å². The highest BCUT2D eigenvalue weighted by molar-refractivity contribution is 5.15. The molecule has 14 heavy (non-hydrogen) atoms. The van der Waals surface area contributed by atoms with Crippen LogP contribution in [-0.2, 0) is 14.2 Å². The first-order valence-electron chi connectivity index (χ1n) is 5.53.